The average Bonchev–Trinajstić information content (AvgIpc) is 2.92. The Morgan fingerprint density at radius 2 is 1.88 bits per heavy atom. The topological polar surface area (TPSA) is 35.6 Å². The van der Waals surface area contributed by atoms with Crippen LogP contribution in [-0.2, 0) is 6.42 Å². The molecule has 0 aromatic heterocycles. The Hall–Kier alpha value is -1.20. The van der Waals surface area contributed by atoms with Gasteiger partial charge in [0.05, 0.1) is 6.04 Å². The van der Waals surface area contributed by atoms with Crippen LogP contribution >= 0.6 is 11.8 Å². The van der Waals surface area contributed by atoms with E-state index in [2.05, 4.69) is 39.4 Å². The first kappa shape index (κ1) is 19.6. The Balaban J connectivity index is 1.46. The number of benzene rings is 1. The molecule has 1 aromatic carbocycles. The van der Waals surface area contributed by atoms with Crippen molar-refractivity contribution in [2.24, 2.45) is 0 Å². The van der Waals surface area contributed by atoms with Gasteiger partial charge >= 0.3 is 6.03 Å². The number of nitrogens with zero attached hydrogens (tertiary/aromatic N) is 2. The van der Waals surface area contributed by atoms with Crippen LogP contribution in [0.1, 0.15) is 37.7 Å². The van der Waals surface area contributed by atoms with Crippen LogP contribution in [-0.4, -0.2) is 66.1 Å². The summed E-state index contributed by atoms with van der Waals surface area (Å²) in [5.74, 6) is 2.25. The van der Waals surface area contributed by atoms with Crippen molar-refractivity contribution >= 4 is 17.8 Å². The molecule has 1 atom stereocenters. The lowest BCUT2D eigenvalue weighted by Gasteiger charge is -2.35. The lowest BCUT2D eigenvalue weighted by Crippen LogP contribution is -2.52. The van der Waals surface area contributed by atoms with Crippen molar-refractivity contribution in [3.63, 3.8) is 0 Å². The fourth-order valence-corrected chi connectivity index (χ4v) is 4.98. The molecule has 0 radical (unpaired) electrons. The number of carbonyl (C=O) groups is 1. The number of likely N-dealkylation sites (tertiary alicyclic amines) is 1. The molecule has 0 bridgehead atoms. The van der Waals surface area contributed by atoms with Gasteiger partial charge in [0.2, 0.25) is 0 Å². The van der Waals surface area contributed by atoms with Gasteiger partial charge in [-0.1, -0.05) is 36.8 Å². The molecule has 1 unspecified atom stereocenters. The first-order valence-corrected chi connectivity index (χ1v) is 11.4. The summed E-state index contributed by atoms with van der Waals surface area (Å²) in [5, 5.41) is 3.18. The standard InChI is InChI=1S/C21H33N3OS/c25-21(22-12-7-11-19-9-3-1-4-10-19)24-15-8-16-26-18-20(24)17-23-13-5-2-6-14-23/h1,3-4,9-10,20H,2,5-8,11-18H2,(H,22,25). The molecule has 2 amide bonds. The molecule has 4 nitrogen and oxygen atoms in total. The summed E-state index contributed by atoms with van der Waals surface area (Å²) in [4.78, 5) is 17.5. The van der Waals surface area contributed by atoms with E-state index in [1.807, 2.05) is 17.8 Å². The maximum absolute atomic E-state index is 12.8. The van der Waals surface area contributed by atoms with E-state index in [9.17, 15) is 4.79 Å². The lowest BCUT2D eigenvalue weighted by atomic mass is 10.1. The summed E-state index contributed by atoms with van der Waals surface area (Å²) in [5.41, 5.74) is 1.34. The first-order chi connectivity index (χ1) is 12.8. The highest BCUT2D eigenvalue weighted by Gasteiger charge is 2.27. The van der Waals surface area contributed by atoms with Gasteiger partial charge in [0, 0.05) is 25.4 Å². The molecule has 5 heteroatoms. The van der Waals surface area contributed by atoms with Gasteiger partial charge in [-0.2, -0.15) is 11.8 Å². The van der Waals surface area contributed by atoms with Gasteiger partial charge < -0.3 is 15.1 Å². The summed E-state index contributed by atoms with van der Waals surface area (Å²) in [7, 11) is 0. The van der Waals surface area contributed by atoms with Crippen molar-refractivity contribution in [1.82, 2.24) is 15.1 Å². The minimum Gasteiger partial charge on any atom is -0.338 e. The zero-order chi connectivity index (χ0) is 18.0. The van der Waals surface area contributed by atoms with E-state index in [4.69, 9.17) is 0 Å². The van der Waals surface area contributed by atoms with Crippen LogP contribution in [0.3, 0.4) is 0 Å². The lowest BCUT2D eigenvalue weighted by molar-refractivity contribution is 0.143. The number of amides is 2. The van der Waals surface area contributed by atoms with Crippen LogP contribution in [0.15, 0.2) is 30.3 Å². The molecule has 144 valence electrons. The Kier molecular flexibility index (Phi) is 8.15. The molecule has 2 fully saturated rings. The Bertz CT molecular complexity index is 533. The third-order valence-corrected chi connectivity index (χ3v) is 6.58. The minimum atomic E-state index is 0.141. The Labute approximate surface area is 162 Å². The van der Waals surface area contributed by atoms with Crippen LogP contribution in [0.2, 0.25) is 0 Å². The van der Waals surface area contributed by atoms with Crippen molar-refractivity contribution in [3.8, 4) is 0 Å². The highest BCUT2D eigenvalue weighted by Crippen LogP contribution is 2.19. The summed E-state index contributed by atoms with van der Waals surface area (Å²) >= 11 is 2.01. The molecule has 0 spiro atoms. The number of thioether (sulfide) groups is 1. The molecule has 0 saturated carbocycles. The monoisotopic (exact) mass is 375 g/mol. The molecule has 2 saturated heterocycles. The second kappa shape index (κ2) is 10.8. The van der Waals surface area contributed by atoms with Crippen molar-refractivity contribution in [2.75, 3.05) is 44.2 Å². The largest absolute Gasteiger partial charge is 0.338 e. The SMILES string of the molecule is O=C(NCCCc1ccccc1)N1CCCSCC1CN1CCCCC1. The van der Waals surface area contributed by atoms with Crippen molar-refractivity contribution in [3.05, 3.63) is 35.9 Å². The van der Waals surface area contributed by atoms with E-state index in [0.717, 1.165) is 44.6 Å². The van der Waals surface area contributed by atoms with Crippen LogP contribution in [0.5, 0.6) is 0 Å². The molecule has 2 heterocycles. The van der Waals surface area contributed by atoms with Gasteiger partial charge in [-0.3, -0.25) is 0 Å². The number of urea groups is 1. The van der Waals surface area contributed by atoms with Gasteiger partial charge in [-0.25, -0.2) is 4.79 Å². The highest BCUT2D eigenvalue weighted by atomic mass is 32.2. The summed E-state index contributed by atoms with van der Waals surface area (Å²) < 4.78 is 0. The fourth-order valence-electron chi connectivity index (χ4n) is 3.92. The number of hydrogen-bond acceptors (Lipinski definition) is 3. The van der Waals surface area contributed by atoms with E-state index < -0.39 is 0 Å². The van der Waals surface area contributed by atoms with Gasteiger partial charge in [-0.15, -0.1) is 0 Å². The van der Waals surface area contributed by atoms with E-state index in [0.29, 0.717) is 6.04 Å². The molecule has 26 heavy (non-hydrogen) atoms. The van der Waals surface area contributed by atoms with Crippen molar-refractivity contribution < 1.29 is 4.79 Å². The van der Waals surface area contributed by atoms with Crippen molar-refractivity contribution in [1.29, 1.82) is 0 Å². The summed E-state index contributed by atoms with van der Waals surface area (Å²) in [6, 6.07) is 11.0. The number of nitrogens with one attached hydrogen (secondary N) is 1. The Morgan fingerprint density at radius 1 is 1.08 bits per heavy atom. The van der Waals surface area contributed by atoms with Gasteiger partial charge in [0.15, 0.2) is 0 Å². The molecule has 1 N–H and O–H groups in total. The van der Waals surface area contributed by atoms with Crippen LogP contribution in [0, 0.1) is 0 Å². The second-order valence-electron chi connectivity index (χ2n) is 7.46. The summed E-state index contributed by atoms with van der Waals surface area (Å²) in [6.07, 6.45) is 7.11. The molecular weight excluding hydrogens is 342 g/mol. The van der Waals surface area contributed by atoms with E-state index in [1.54, 1.807) is 0 Å². The molecule has 3 rings (SSSR count). The van der Waals surface area contributed by atoms with Crippen LogP contribution in [0.25, 0.3) is 0 Å². The molecule has 1 aromatic rings. The average molecular weight is 376 g/mol. The Morgan fingerprint density at radius 3 is 2.69 bits per heavy atom. The number of aryl methyl sites for hydroxylation is 1. The normalized spacial score (nSPS) is 22.0. The van der Waals surface area contributed by atoms with Gasteiger partial charge in [-0.05, 0) is 56.5 Å². The predicted molar refractivity (Wildman–Crippen MR) is 111 cm³/mol. The molecule has 2 aliphatic rings. The van der Waals surface area contributed by atoms with Crippen LogP contribution < -0.4 is 5.32 Å². The minimum absolute atomic E-state index is 0.141. The third-order valence-electron chi connectivity index (χ3n) is 5.38. The predicted octanol–water partition coefficient (Wildman–Crippen LogP) is 3.62. The molecule has 2 aliphatic heterocycles. The smallest absolute Gasteiger partial charge is 0.317 e. The fraction of sp³-hybridized carbons (Fsp3) is 0.667. The highest BCUT2D eigenvalue weighted by molar-refractivity contribution is 7.99. The van der Waals surface area contributed by atoms with Crippen LogP contribution in [0.4, 0.5) is 4.79 Å². The zero-order valence-electron chi connectivity index (χ0n) is 15.9. The third kappa shape index (κ3) is 6.20. The maximum Gasteiger partial charge on any atom is 0.317 e. The van der Waals surface area contributed by atoms with E-state index >= 15 is 0 Å². The van der Waals surface area contributed by atoms with Gasteiger partial charge in [0.1, 0.15) is 0 Å². The van der Waals surface area contributed by atoms with E-state index in [1.165, 1.54) is 43.7 Å². The second-order valence-corrected chi connectivity index (χ2v) is 8.61. The van der Waals surface area contributed by atoms with Gasteiger partial charge in [0.25, 0.3) is 0 Å². The number of carbonyl (C=O) groups excluding carboxylic acids is 1. The van der Waals surface area contributed by atoms with E-state index in [-0.39, 0.29) is 6.03 Å². The number of piperidine rings is 1. The van der Waals surface area contributed by atoms with Crippen molar-refractivity contribution in [2.45, 2.75) is 44.6 Å². The summed E-state index contributed by atoms with van der Waals surface area (Å²) in [6.45, 7) is 5.11. The maximum atomic E-state index is 12.8. The quantitative estimate of drug-likeness (QED) is 0.772. The number of hydrogen-bond donors (Lipinski definition) is 1. The molecule has 0 aliphatic carbocycles. The zero-order valence-corrected chi connectivity index (χ0v) is 16.7. The molecular formula is C21H33N3OS. The first-order valence-electron chi connectivity index (χ1n) is 10.2. The number of rotatable bonds is 6.